The first-order valence-corrected chi connectivity index (χ1v) is 45.1. The highest BCUT2D eigenvalue weighted by Crippen LogP contribution is 2.42. The third kappa shape index (κ3) is 25.7. The van der Waals surface area contributed by atoms with Crippen molar-refractivity contribution in [3.63, 3.8) is 0 Å². The van der Waals surface area contributed by atoms with Gasteiger partial charge >= 0.3 is 35.8 Å². The topological polar surface area (TPSA) is 521 Å². The summed E-state index contributed by atoms with van der Waals surface area (Å²) in [6.45, 7) is 19.5. The molecule has 10 rings (SSSR count). The maximum Gasteiger partial charge on any atom is 0.340 e. The van der Waals surface area contributed by atoms with Gasteiger partial charge < -0.3 is 48.8 Å². The van der Waals surface area contributed by atoms with Crippen molar-refractivity contribution in [1.82, 2.24) is 18.3 Å². The van der Waals surface area contributed by atoms with Crippen molar-refractivity contribution < 1.29 is 77.6 Å². The number of ether oxygens (including phenoxy) is 6. The van der Waals surface area contributed by atoms with E-state index in [1.807, 2.05) is 24.3 Å². The summed E-state index contributed by atoms with van der Waals surface area (Å²) in [4.78, 5) is 134. The van der Waals surface area contributed by atoms with Gasteiger partial charge in [0, 0.05) is 35.3 Å². The number of aromatic nitrogens is 4. The Morgan fingerprint density at radius 1 is 0.407 bits per heavy atom. The normalized spacial score (nSPS) is 16.1. The molecule has 4 aromatic carbocycles. The monoisotopic (exact) mass is 1850 g/mol. The summed E-state index contributed by atoms with van der Waals surface area (Å²) >= 11 is 0. The van der Waals surface area contributed by atoms with E-state index in [-0.39, 0.29) is 170 Å². The van der Waals surface area contributed by atoms with Gasteiger partial charge in [0.2, 0.25) is 0 Å². The molecule has 2 aliphatic carbocycles. The maximum atomic E-state index is 14.5. The van der Waals surface area contributed by atoms with Crippen molar-refractivity contribution in [2.24, 2.45) is 76.4 Å². The first-order chi connectivity index (χ1) is 64.7. The van der Waals surface area contributed by atoms with Gasteiger partial charge in [-0.25, -0.2) is 19.2 Å². The molecule has 36 heteroatoms. The molecule has 6 unspecified atom stereocenters. The Morgan fingerprint density at radius 2 is 0.704 bits per heavy atom. The van der Waals surface area contributed by atoms with Crippen LogP contribution in [0.15, 0.2) is 157 Å². The number of unbranched alkanes of at least 4 members (excludes halogenated alkanes) is 8. The van der Waals surface area contributed by atoms with Gasteiger partial charge in [0.05, 0.1) is 71.9 Å². The second-order valence-corrected chi connectivity index (χ2v) is 34.2. The van der Waals surface area contributed by atoms with Gasteiger partial charge in [-0.3, -0.25) is 47.0 Å². The van der Waals surface area contributed by atoms with Crippen molar-refractivity contribution in [2.45, 2.75) is 230 Å². The fourth-order valence-corrected chi connectivity index (χ4v) is 16.6. The van der Waals surface area contributed by atoms with Gasteiger partial charge in [0.15, 0.2) is 46.3 Å². The van der Waals surface area contributed by atoms with Crippen LogP contribution in [0.4, 0.5) is 45.5 Å². The van der Waals surface area contributed by atoms with Gasteiger partial charge in [0.25, 0.3) is 22.2 Å². The second-order valence-electron chi connectivity index (χ2n) is 34.2. The molecule has 2 fully saturated rings. The van der Waals surface area contributed by atoms with Crippen LogP contribution in [0.25, 0.3) is 0 Å². The number of benzene rings is 4. The van der Waals surface area contributed by atoms with Gasteiger partial charge in [-0.15, -0.1) is 40.9 Å². The fourth-order valence-electron chi connectivity index (χ4n) is 16.6. The van der Waals surface area contributed by atoms with Gasteiger partial charge in [-0.05, 0) is 163 Å². The van der Waals surface area contributed by atoms with Crippen molar-refractivity contribution in [2.75, 3.05) is 27.4 Å². The summed E-state index contributed by atoms with van der Waals surface area (Å²) in [7, 11) is 2.38. The average Bonchev–Trinajstić information content (AvgIpc) is 0.743. The molecular weight excluding hydrogens is 1730 g/mol. The summed E-state index contributed by atoms with van der Waals surface area (Å²) in [5.74, 6) is -5.05. The van der Waals surface area contributed by atoms with Crippen LogP contribution in [0.3, 0.4) is 0 Å². The zero-order chi connectivity index (χ0) is 98.4. The Hall–Kier alpha value is -14.9. The Labute approximate surface area is 780 Å². The molecule has 4 N–H and O–H groups in total. The van der Waals surface area contributed by atoms with Crippen LogP contribution in [0.1, 0.15) is 263 Å². The van der Waals surface area contributed by atoms with E-state index in [9.17, 15) is 89.4 Å². The van der Waals surface area contributed by atoms with Crippen LogP contribution >= 0.6 is 0 Å². The molecule has 4 heterocycles. The molecule has 2 aliphatic rings. The molecule has 6 atom stereocenters. The quantitative estimate of drug-likeness (QED) is 0.00918. The summed E-state index contributed by atoms with van der Waals surface area (Å²) in [6.07, 6.45) is 11.2. The van der Waals surface area contributed by atoms with Gasteiger partial charge in [-0.2, -0.15) is 21.0 Å². The number of azo groups is 4. The van der Waals surface area contributed by atoms with E-state index in [1.165, 1.54) is 84.7 Å². The molecule has 0 amide bonds. The minimum Gasteiger partial charge on any atom is -0.494 e. The molecule has 0 radical (unpaired) electrons. The Balaban J connectivity index is 0.000000315. The van der Waals surface area contributed by atoms with E-state index in [2.05, 4.69) is 89.4 Å². The van der Waals surface area contributed by atoms with E-state index in [1.54, 1.807) is 60.7 Å². The number of nitrogens with zero attached hydrogens (tertiary/aromatic N) is 16. The molecule has 36 nitrogen and oxygen atoms in total. The van der Waals surface area contributed by atoms with E-state index < -0.39 is 106 Å². The number of methoxy groups -OCH3 is 2. The highest BCUT2D eigenvalue weighted by Gasteiger charge is 2.38. The van der Waals surface area contributed by atoms with E-state index in [0.29, 0.717) is 36.5 Å². The number of rotatable bonds is 38. The zero-order valence-corrected chi connectivity index (χ0v) is 78.2. The first-order valence-electron chi connectivity index (χ1n) is 45.1. The van der Waals surface area contributed by atoms with Crippen LogP contribution < -0.4 is 22.2 Å². The average molecular weight is 1850 g/mol. The summed E-state index contributed by atoms with van der Waals surface area (Å²) in [5, 5.41) is 118. The number of hydrogen-bond donors (Lipinski definition) is 4. The predicted octanol–water partition coefficient (Wildman–Crippen LogP) is 20.0. The standard InChI is InChI=1S/C57H68N8O12.C42H46N8O8/c1-32(2)38-21-19-34(5)27-46(38)76-56(72)40-15-9-11-17-44(40)60-62-50-42(30-58)36(7)52(68)64(54(50)70)23-13-25-74-48(66)29-49(67)75-26-14-24-65-53(69)37(8)43(31-59)51(55(65)71)63-61-45-18-12-10-16-41(45)57(73)77-47-28-35(6)20-22-39(47)33(3)4;1-6-7-8-9-10-11-12-13-14-23-34(49-37(51)26(2)30(24-43)35(39(49)53)47-45-32-21-17-15-19-28(32)41(55)57-4)50-38(52)27(3)31(25-44)36(40(50)54)48-46-33-22-18-16-20-29(33)42(56)58-5/h9-12,15-18,32-35,38-39,46-47,68-69H,13-14,19-29H2,1-8H3;15-22,34,51-52H,6-14,23H2,1-5H3. The zero-order valence-electron chi connectivity index (χ0n) is 78.2. The molecule has 2 saturated carbocycles. The number of esters is 6. The molecular formula is C99H114N16O20. The summed E-state index contributed by atoms with van der Waals surface area (Å²) in [5.41, 5.74) is -6.12. The smallest absolute Gasteiger partial charge is 0.340 e. The third-order valence-electron chi connectivity index (χ3n) is 24.3. The van der Waals surface area contributed by atoms with Crippen LogP contribution in [0, 0.1) is 109 Å². The molecule has 0 aliphatic heterocycles. The van der Waals surface area contributed by atoms with Crippen molar-refractivity contribution in [1.29, 1.82) is 21.0 Å². The van der Waals surface area contributed by atoms with Crippen molar-refractivity contribution in [3.05, 3.63) is 205 Å². The van der Waals surface area contributed by atoms with E-state index in [4.69, 9.17) is 28.4 Å². The summed E-state index contributed by atoms with van der Waals surface area (Å²) < 4.78 is 35.7. The lowest BCUT2D eigenvalue weighted by Gasteiger charge is -2.36. The second kappa shape index (κ2) is 49.5. The first kappa shape index (κ1) is 104. The molecule has 135 heavy (non-hydrogen) atoms. The summed E-state index contributed by atoms with van der Waals surface area (Å²) in [6, 6.07) is 32.5. The number of carbonyl (C=O) groups excluding carboxylic acids is 6. The number of pyridine rings is 4. The molecule has 710 valence electrons. The Kier molecular flexibility index (Phi) is 38.1. The minimum absolute atomic E-state index is 0.0104. The lowest BCUT2D eigenvalue weighted by atomic mass is 9.75. The van der Waals surface area contributed by atoms with Crippen LogP contribution in [0.2, 0.25) is 0 Å². The lowest BCUT2D eigenvalue weighted by molar-refractivity contribution is -0.154. The van der Waals surface area contributed by atoms with Crippen LogP contribution in [-0.4, -0.2) is 114 Å². The number of aromatic hydroxyl groups is 4. The molecule has 0 bridgehead atoms. The highest BCUT2D eigenvalue weighted by atomic mass is 16.6. The Morgan fingerprint density at radius 3 is 1.01 bits per heavy atom. The van der Waals surface area contributed by atoms with Crippen LogP contribution in [0.5, 0.6) is 23.5 Å². The highest BCUT2D eigenvalue weighted by molar-refractivity contribution is 5.97. The minimum atomic E-state index is -1.45. The SMILES string of the molecule is CCCCCCCCCCCC(n1c(O)c(C)c(C#N)c(N=Nc2ccccc2C(=O)OC)c1=O)n1c(O)c(C)c(C#N)c(N=Nc2ccccc2C(=O)OC)c1=O.Cc1c(C#N)c(N=Nc2ccccc2C(=O)OC2CC(C)CCC2C(C)C)c(=O)n(CCCOC(=O)CC(=O)OCCCn2c(O)c(C)c(C#N)c(N=Nc3ccccc3C(=O)OC3CC(C)CCC3C(C)C)c2=O)c1O. The van der Waals surface area contributed by atoms with Crippen molar-refractivity contribution in [3.8, 4) is 47.8 Å². The van der Waals surface area contributed by atoms with Gasteiger partial charge in [0.1, 0.15) is 71.8 Å². The number of nitriles is 4. The van der Waals surface area contributed by atoms with Gasteiger partial charge in [-0.1, -0.05) is 161 Å². The van der Waals surface area contributed by atoms with Crippen molar-refractivity contribution >= 4 is 81.3 Å². The maximum absolute atomic E-state index is 14.5. The van der Waals surface area contributed by atoms with E-state index in [0.717, 1.165) is 95.3 Å². The largest absolute Gasteiger partial charge is 0.494 e. The number of carbonyl (C=O) groups is 6. The molecule has 4 aromatic heterocycles. The number of hydrogen-bond acceptors (Lipinski definition) is 32. The molecule has 8 aromatic rings. The third-order valence-corrected chi connectivity index (χ3v) is 24.3. The fraction of sp³-hybridized carbons (Fsp3) is 0.455. The lowest BCUT2D eigenvalue weighted by Crippen LogP contribution is -2.36. The molecule has 0 saturated heterocycles. The van der Waals surface area contributed by atoms with Crippen LogP contribution in [-0.2, 0) is 51.1 Å². The predicted molar refractivity (Wildman–Crippen MR) is 496 cm³/mol. The van der Waals surface area contributed by atoms with E-state index >= 15 is 0 Å². The Bertz CT molecular complexity index is 5910. The molecule has 0 spiro atoms.